The number of unbranched alkanes of at least 4 members (excludes halogenated alkanes) is 1. The molecule has 140 valence electrons. The monoisotopic (exact) mass is 342 g/mol. The molecule has 0 aromatic carbocycles. The van der Waals surface area contributed by atoms with Crippen molar-refractivity contribution in [2.45, 2.75) is 90.6 Å². The Hall–Kier alpha value is -1.00. The van der Waals surface area contributed by atoms with Crippen LogP contribution in [0.25, 0.3) is 0 Å². The molecule has 2 rings (SSSR count). The third kappa shape index (κ3) is 8.28. The Morgan fingerprint density at radius 3 is 1.88 bits per heavy atom. The van der Waals surface area contributed by atoms with Gasteiger partial charge in [-0.3, -0.25) is 0 Å². The molecule has 2 aliphatic rings. The van der Waals surface area contributed by atoms with Crippen LogP contribution >= 0.6 is 0 Å². The van der Waals surface area contributed by atoms with Crippen LogP contribution in [0.2, 0.25) is 0 Å². The van der Waals surface area contributed by atoms with Crippen molar-refractivity contribution in [3.8, 4) is 11.8 Å². The highest BCUT2D eigenvalue weighted by Crippen LogP contribution is 2.31. The van der Waals surface area contributed by atoms with Gasteiger partial charge in [0.15, 0.2) is 0 Å². The fourth-order valence-electron chi connectivity index (χ4n) is 4.10. The lowest BCUT2D eigenvalue weighted by Gasteiger charge is -2.26. The summed E-state index contributed by atoms with van der Waals surface area (Å²) in [6.45, 7) is 5.49. The van der Waals surface area contributed by atoms with E-state index in [2.05, 4.69) is 50.0 Å². The van der Waals surface area contributed by atoms with Crippen LogP contribution in [0.4, 0.5) is 0 Å². The Labute approximate surface area is 156 Å². The predicted octanol–water partition coefficient (Wildman–Crippen LogP) is 6.69. The summed E-state index contributed by atoms with van der Waals surface area (Å²) in [6, 6.07) is 0. The average Bonchev–Trinajstić information content (AvgIpc) is 2.66. The van der Waals surface area contributed by atoms with Crippen LogP contribution in [0.5, 0.6) is 0 Å². The summed E-state index contributed by atoms with van der Waals surface area (Å²) >= 11 is 0. The lowest BCUT2D eigenvalue weighted by Crippen LogP contribution is -2.21. The second kappa shape index (κ2) is 12.4. The van der Waals surface area contributed by atoms with Crippen LogP contribution < -0.4 is 0 Å². The van der Waals surface area contributed by atoms with E-state index in [9.17, 15) is 0 Å². The third-order valence-electron chi connectivity index (χ3n) is 6.03. The maximum absolute atomic E-state index is 5.94. The molecule has 0 heterocycles. The molecule has 2 fully saturated rings. The van der Waals surface area contributed by atoms with Crippen LogP contribution in [0.1, 0.15) is 84.5 Å². The van der Waals surface area contributed by atoms with E-state index in [4.69, 9.17) is 4.74 Å². The maximum Gasteiger partial charge on any atom is 0.0575 e. The van der Waals surface area contributed by atoms with Gasteiger partial charge in [-0.15, -0.1) is 0 Å². The van der Waals surface area contributed by atoms with E-state index in [1.54, 1.807) is 0 Å². The lowest BCUT2D eigenvalue weighted by molar-refractivity contribution is 0.0209. The molecular formula is C24H38O. The predicted molar refractivity (Wildman–Crippen MR) is 108 cm³/mol. The Balaban J connectivity index is 1.59. The first-order chi connectivity index (χ1) is 12.3. The number of ether oxygens (including phenoxy) is 1. The molecule has 2 saturated carbocycles. The molecule has 0 amide bonds. The summed E-state index contributed by atoms with van der Waals surface area (Å²) in [6.07, 6.45) is 23.6. The van der Waals surface area contributed by atoms with Crippen molar-refractivity contribution >= 4 is 0 Å². The van der Waals surface area contributed by atoms with E-state index in [-0.39, 0.29) is 0 Å². The molecule has 1 nitrogen and oxygen atoms in total. The second-order valence-electron chi connectivity index (χ2n) is 7.96. The minimum Gasteiger partial charge on any atom is -0.378 e. The smallest absolute Gasteiger partial charge is 0.0575 e. The second-order valence-corrected chi connectivity index (χ2v) is 7.96. The van der Waals surface area contributed by atoms with Gasteiger partial charge in [0.2, 0.25) is 0 Å². The fraction of sp³-hybridized carbons (Fsp3) is 0.750. The van der Waals surface area contributed by atoms with Gasteiger partial charge in [-0.25, -0.2) is 0 Å². The zero-order chi connectivity index (χ0) is 17.7. The molecule has 0 radical (unpaired) electrons. The molecular weight excluding hydrogens is 304 g/mol. The Morgan fingerprint density at radius 1 is 0.800 bits per heavy atom. The van der Waals surface area contributed by atoms with Crippen LogP contribution in [-0.2, 0) is 4.74 Å². The molecule has 2 aliphatic carbocycles. The van der Waals surface area contributed by atoms with Crippen molar-refractivity contribution in [3.05, 3.63) is 24.3 Å². The van der Waals surface area contributed by atoms with Gasteiger partial charge >= 0.3 is 0 Å². The molecule has 0 aliphatic heterocycles. The number of rotatable bonds is 7. The van der Waals surface area contributed by atoms with E-state index >= 15 is 0 Å². The highest BCUT2D eigenvalue weighted by molar-refractivity contribution is 5.24. The van der Waals surface area contributed by atoms with E-state index in [0.717, 1.165) is 18.4 Å². The molecule has 0 aromatic heterocycles. The van der Waals surface area contributed by atoms with Crippen molar-refractivity contribution in [2.75, 3.05) is 6.61 Å². The summed E-state index contributed by atoms with van der Waals surface area (Å²) in [4.78, 5) is 0. The largest absolute Gasteiger partial charge is 0.378 e. The Morgan fingerprint density at radius 2 is 1.36 bits per heavy atom. The standard InChI is InChI=1S/C24H38O/c1-3-5-20-25-24-18-16-23(17-19-24)11-9-7-6-8-10-22-14-12-21(4-2)13-15-22/h8-11,21-24H,3-5,12-20H2,1-2H3/b10-8+,11-9+. The zero-order valence-electron chi connectivity index (χ0n) is 16.5. The summed E-state index contributed by atoms with van der Waals surface area (Å²) < 4.78 is 5.94. The van der Waals surface area contributed by atoms with Gasteiger partial charge in [0, 0.05) is 6.61 Å². The van der Waals surface area contributed by atoms with Crippen molar-refractivity contribution in [1.29, 1.82) is 0 Å². The summed E-state index contributed by atoms with van der Waals surface area (Å²) in [5, 5.41) is 0. The first kappa shape index (κ1) is 20.3. The molecule has 0 saturated heterocycles. The van der Waals surface area contributed by atoms with Crippen LogP contribution in [-0.4, -0.2) is 12.7 Å². The molecule has 0 bridgehead atoms. The van der Waals surface area contributed by atoms with Crippen LogP contribution in [0.3, 0.4) is 0 Å². The van der Waals surface area contributed by atoms with Crippen molar-refractivity contribution in [1.82, 2.24) is 0 Å². The van der Waals surface area contributed by atoms with Gasteiger partial charge in [-0.2, -0.15) is 0 Å². The summed E-state index contributed by atoms with van der Waals surface area (Å²) in [7, 11) is 0. The molecule has 0 spiro atoms. The van der Waals surface area contributed by atoms with E-state index in [1.807, 2.05) is 0 Å². The van der Waals surface area contributed by atoms with Crippen molar-refractivity contribution in [2.24, 2.45) is 17.8 Å². The quantitative estimate of drug-likeness (QED) is 0.370. The van der Waals surface area contributed by atoms with Gasteiger partial charge < -0.3 is 4.74 Å². The van der Waals surface area contributed by atoms with E-state index < -0.39 is 0 Å². The number of hydrogen-bond acceptors (Lipinski definition) is 1. The average molecular weight is 343 g/mol. The van der Waals surface area contributed by atoms with Gasteiger partial charge in [-0.1, -0.05) is 50.7 Å². The molecule has 0 N–H and O–H groups in total. The zero-order valence-corrected chi connectivity index (χ0v) is 16.5. The molecule has 0 aromatic rings. The lowest BCUT2D eigenvalue weighted by atomic mass is 9.81. The number of hydrogen-bond donors (Lipinski definition) is 0. The van der Waals surface area contributed by atoms with Gasteiger partial charge in [0.25, 0.3) is 0 Å². The molecule has 0 unspecified atom stereocenters. The van der Waals surface area contributed by atoms with Gasteiger partial charge in [0.05, 0.1) is 6.10 Å². The van der Waals surface area contributed by atoms with Gasteiger partial charge in [-0.05, 0) is 87.7 Å². The highest BCUT2D eigenvalue weighted by Gasteiger charge is 2.19. The summed E-state index contributed by atoms with van der Waals surface area (Å²) in [5.74, 6) is 8.84. The maximum atomic E-state index is 5.94. The number of allylic oxidation sites excluding steroid dienone is 4. The highest BCUT2D eigenvalue weighted by atomic mass is 16.5. The minimum atomic E-state index is 0.507. The normalized spacial score (nSPS) is 30.5. The topological polar surface area (TPSA) is 9.23 Å². The first-order valence-corrected chi connectivity index (χ1v) is 10.8. The van der Waals surface area contributed by atoms with Crippen LogP contribution in [0.15, 0.2) is 24.3 Å². The van der Waals surface area contributed by atoms with Crippen LogP contribution in [0, 0.1) is 29.6 Å². The Bertz CT molecular complexity index is 448. The van der Waals surface area contributed by atoms with Crippen molar-refractivity contribution in [3.63, 3.8) is 0 Å². The van der Waals surface area contributed by atoms with Gasteiger partial charge in [0.1, 0.15) is 0 Å². The SMILES string of the molecule is CCCCOC1CCC(/C=C/C#C/C=C/C2CCC(CC)CC2)CC1. The molecule has 0 atom stereocenters. The fourth-order valence-corrected chi connectivity index (χ4v) is 4.10. The van der Waals surface area contributed by atoms with E-state index in [1.165, 1.54) is 70.6 Å². The van der Waals surface area contributed by atoms with E-state index in [0.29, 0.717) is 12.0 Å². The molecule has 25 heavy (non-hydrogen) atoms. The third-order valence-corrected chi connectivity index (χ3v) is 6.03. The summed E-state index contributed by atoms with van der Waals surface area (Å²) in [5.41, 5.74) is 0. The Kier molecular flexibility index (Phi) is 10.1. The minimum absolute atomic E-state index is 0.507. The first-order valence-electron chi connectivity index (χ1n) is 10.8. The molecule has 1 heteroatoms. The van der Waals surface area contributed by atoms with Crippen molar-refractivity contribution < 1.29 is 4.74 Å².